The van der Waals surface area contributed by atoms with Crippen molar-refractivity contribution in [2.24, 2.45) is 5.92 Å². The highest BCUT2D eigenvalue weighted by Gasteiger charge is 2.37. The van der Waals surface area contributed by atoms with Gasteiger partial charge in [-0.1, -0.05) is 45.1 Å². The summed E-state index contributed by atoms with van der Waals surface area (Å²) in [5.74, 6) is 1.33. The maximum absolute atomic E-state index is 14.1. The minimum Gasteiger partial charge on any atom is -0.493 e. The fourth-order valence-electron chi connectivity index (χ4n) is 5.99. The minimum atomic E-state index is -3.92. The molecule has 39 heavy (non-hydrogen) atoms. The molecule has 2 aromatic rings. The number of rotatable bonds is 10. The molecule has 216 valence electrons. The van der Waals surface area contributed by atoms with Crippen LogP contribution in [0.15, 0.2) is 52.3 Å². The van der Waals surface area contributed by atoms with Crippen molar-refractivity contribution in [3.63, 3.8) is 0 Å². The number of hydrogen-bond acceptors (Lipinski definition) is 6. The normalized spacial score (nSPS) is 21.3. The molecule has 0 radical (unpaired) electrons. The van der Waals surface area contributed by atoms with Crippen molar-refractivity contribution in [1.82, 2.24) is 8.61 Å². The highest BCUT2D eigenvalue weighted by Crippen LogP contribution is 2.35. The molecule has 10 heteroatoms. The van der Waals surface area contributed by atoms with Gasteiger partial charge in [-0.05, 0) is 73.6 Å². The summed E-state index contributed by atoms with van der Waals surface area (Å²) in [5, 5.41) is 0. The predicted molar refractivity (Wildman–Crippen MR) is 152 cm³/mol. The first kappa shape index (κ1) is 29.8. The lowest BCUT2D eigenvalue weighted by molar-refractivity contribution is 0.185. The lowest BCUT2D eigenvalue weighted by atomic mass is 9.86. The Labute approximate surface area is 234 Å². The van der Waals surface area contributed by atoms with Gasteiger partial charge in [-0.2, -0.15) is 8.61 Å². The van der Waals surface area contributed by atoms with Gasteiger partial charge in [0.25, 0.3) is 0 Å². The molecule has 2 saturated carbocycles. The molecule has 0 N–H and O–H groups in total. The number of sulfonamides is 2. The molecule has 4 rings (SSSR count). The summed E-state index contributed by atoms with van der Waals surface area (Å²) in [4.78, 5) is 0.215. The zero-order valence-electron chi connectivity index (χ0n) is 23.5. The second kappa shape index (κ2) is 12.6. The minimum absolute atomic E-state index is 0.0167. The molecule has 8 nitrogen and oxygen atoms in total. The van der Waals surface area contributed by atoms with Gasteiger partial charge >= 0.3 is 0 Å². The maximum Gasteiger partial charge on any atom is 0.243 e. The molecule has 2 aromatic carbocycles. The standard InChI is InChI=1S/C29H42N2O6S2/c1-22-10-8-9-13-27(22)31(21-23-14-19-28(36-3)29(20-23)37-4)39(34,35)26-17-15-25(16-18-26)38(32,33)30(2)24-11-6-5-7-12-24/h14-20,22,24,27H,5-13,21H2,1-4H3. The SMILES string of the molecule is COc1ccc(CN(C2CCCCC2C)S(=O)(=O)c2ccc(S(=O)(=O)N(C)C3CCCCC3)cc2)cc1OC. The topological polar surface area (TPSA) is 93.2 Å². The largest absolute Gasteiger partial charge is 0.493 e. The van der Waals surface area contributed by atoms with E-state index >= 15 is 0 Å². The van der Waals surface area contributed by atoms with Crippen LogP contribution in [-0.4, -0.2) is 58.8 Å². The summed E-state index contributed by atoms with van der Waals surface area (Å²) in [6.45, 7) is 2.29. The summed E-state index contributed by atoms with van der Waals surface area (Å²) in [6.07, 6.45) is 8.70. The van der Waals surface area contributed by atoms with E-state index < -0.39 is 20.0 Å². The third-order valence-corrected chi connectivity index (χ3v) is 12.2. The Bertz CT molecular complexity index is 1320. The molecule has 0 spiro atoms. The summed E-state index contributed by atoms with van der Waals surface area (Å²) < 4.78 is 68.7. The van der Waals surface area contributed by atoms with Crippen molar-refractivity contribution in [1.29, 1.82) is 0 Å². The lowest BCUT2D eigenvalue weighted by Crippen LogP contribution is -2.44. The predicted octanol–water partition coefficient (Wildman–Crippen LogP) is 5.43. The number of benzene rings is 2. The molecule has 2 atom stereocenters. The van der Waals surface area contributed by atoms with Crippen LogP contribution in [0.5, 0.6) is 11.5 Å². The molecule has 0 aliphatic heterocycles. The van der Waals surface area contributed by atoms with Crippen LogP contribution in [-0.2, 0) is 26.6 Å². The average molecular weight is 579 g/mol. The molecular formula is C29H42N2O6S2. The van der Waals surface area contributed by atoms with Crippen LogP contribution in [0.4, 0.5) is 0 Å². The summed E-state index contributed by atoms with van der Waals surface area (Å²) in [6, 6.07) is 11.0. The first-order chi connectivity index (χ1) is 18.6. The van der Waals surface area contributed by atoms with E-state index in [2.05, 4.69) is 6.92 Å². The monoisotopic (exact) mass is 578 g/mol. The third-order valence-electron chi connectivity index (χ3n) is 8.42. The second-order valence-electron chi connectivity index (χ2n) is 10.9. The fraction of sp³-hybridized carbons (Fsp3) is 0.586. The van der Waals surface area contributed by atoms with Crippen LogP contribution < -0.4 is 9.47 Å². The number of nitrogens with zero attached hydrogens (tertiary/aromatic N) is 2. The van der Waals surface area contributed by atoms with Gasteiger partial charge in [-0.15, -0.1) is 0 Å². The van der Waals surface area contributed by atoms with E-state index in [1.807, 2.05) is 12.1 Å². The van der Waals surface area contributed by atoms with E-state index in [9.17, 15) is 16.8 Å². The van der Waals surface area contributed by atoms with Gasteiger partial charge < -0.3 is 9.47 Å². The van der Waals surface area contributed by atoms with Gasteiger partial charge in [0.1, 0.15) is 0 Å². The zero-order chi connectivity index (χ0) is 28.2. The van der Waals surface area contributed by atoms with Crippen LogP contribution in [0.1, 0.15) is 70.3 Å². The quantitative estimate of drug-likeness (QED) is 0.373. The molecule has 0 heterocycles. The molecule has 2 aliphatic rings. The van der Waals surface area contributed by atoms with E-state index in [0.29, 0.717) is 11.5 Å². The first-order valence-electron chi connectivity index (χ1n) is 13.9. The molecule has 2 unspecified atom stereocenters. The number of methoxy groups -OCH3 is 2. The van der Waals surface area contributed by atoms with Gasteiger partial charge in [0.15, 0.2) is 11.5 Å². The van der Waals surface area contributed by atoms with Crippen molar-refractivity contribution in [2.75, 3.05) is 21.3 Å². The van der Waals surface area contributed by atoms with Gasteiger partial charge in [0, 0.05) is 25.7 Å². The molecule has 0 saturated heterocycles. The molecule has 0 bridgehead atoms. The zero-order valence-corrected chi connectivity index (χ0v) is 25.1. The maximum atomic E-state index is 14.1. The summed E-state index contributed by atoms with van der Waals surface area (Å²) in [7, 11) is -2.88. The molecule has 0 aromatic heterocycles. The Kier molecular flexibility index (Phi) is 9.62. The highest BCUT2D eigenvalue weighted by atomic mass is 32.2. The third kappa shape index (κ3) is 6.45. The highest BCUT2D eigenvalue weighted by molar-refractivity contribution is 7.89. The summed E-state index contributed by atoms with van der Waals surface area (Å²) in [5.41, 5.74) is 0.794. The molecule has 0 amide bonds. The van der Waals surface area contributed by atoms with E-state index in [1.54, 1.807) is 31.6 Å². The average Bonchev–Trinajstić information content (AvgIpc) is 2.96. The second-order valence-corrected chi connectivity index (χ2v) is 14.7. The fourth-order valence-corrected chi connectivity index (χ4v) is 9.15. The van der Waals surface area contributed by atoms with Crippen molar-refractivity contribution in [2.45, 2.75) is 93.1 Å². The van der Waals surface area contributed by atoms with Gasteiger partial charge in [-0.3, -0.25) is 0 Å². The van der Waals surface area contributed by atoms with E-state index in [0.717, 1.165) is 63.4 Å². The van der Waals surface area contributed by atoms with E-state index in [-0.39, 0.29) is 34.3 Å². The van der Waals surface area contributed by atoms with Gasteiger partial charge in [0.05, 0.1) is 24.0 Å². The Morgan fingerprint density at radius 2 is 1.31 bits per heavy atom. The first-order valence-corrected chi connectivity index (χ1v) is 16.8. The Morgan fingerprint density at radius 3 is 1.90 bits per heavy atom. The van der Waals surface area contributed by atoms with Gasteiger partial charge in [-0.25, -0.2) is 16.8 Å². The summed E-state index contributed by atoms with van der Waals surface area (Å²) >= 11 is 0. The molecule has 2 fully saturated rings. The molecular weight excluding hydrogens is 536 g/mol. The van der Waals surface area contributed by atoms with E-state index in [1.165, 1.54) is 28.6 Å². The van der Waals surface area contributed by atoms with Crippen LogP contribution in [0, 0.1) is 5.92 Å². The van der Waals surface area contributed by atoms with Crippen molar-refractivity contribution in [3.8, 4) is 11.5 Å². The Balaban J connectivity index is 1.65. The van der Waals surface area contributed by atoms with Crippen molar-refractivity contribution >= 4 is 20.0 Å². The van der Waals surface area contributed by atoms with Gasteiger partial charge in [0.2, 0.25) is 20.0 Å². The van der Waals surface area contributed by atoms with Crippen LogP contribution in [0.2, 0.25) is 0 Å². The molecule has 2 aliphatic carbocycles. The van der Waals surface area contributed by atoms with Crippen molar-refractivity contribution in [3.05, 3.63) is 48.0 Å². The smallest absolute Gasteiger partial charge is 0.243 e. The lowest BCUT2D eigenvalue weighted by Gasteiger charge is -2.38. The Hall–Kier alpha value is -2.14. The number of ether oxygens (including phenoxy) is 2. The Morgan fingerprint density at radius 1 is 0.744 bits per heavy atom. The van der Waals surface area contributed by atoms with Crippen molar-refractivity contribution < 1.29 is 26.3 Å². The number of hydrogen-bond donors (Lipinski definition) is 0. The van der Waals surface area contributed by atoms with Crippen LogP contribution in [0.25, 0.3) is 0 Å². The van der Waals surface area contributed by atoms with Crippen LogP contribution >= 0.6 is 0 Å². The van der Waals surface area contributed by atoms with Crippen LogP contribution in [0.3, 0.4) is 0 Å². The van der Waals surface area contributed by atoms with E-state index in [4.69, 9.17) is 9.47 Å².